The molecule has 1 aromatic rings. The van der Waals surface area contributed by atoms with E-state index in [2.05, 4.69) is 12.2 Å². The molecule has 2 amide bonds. The van der Waals surface area contributed by atoms with E-state index < -0.39 is 0 Å². The molecule has 0 spiro atoms. The molecule has 0 radical (unpaired) electrons. The molecule has 1 aliphatic heterocycles. The Morgan fingerprint density at radius 3 is 2.81 bits per heavy atom. The van der Waals surface area contributed by atoms with Gasteiger partial charge in [0.05, 0.1) is 0 Å². The highest BCUT2D eigenvalue weighted by Crippen LogP contribution is 2.20. The van der Waals surface area contributed by atoms with Crippen molar-refractivity contribution in [3.63, 3.8) is 0 Å². The van der Waals surface area contributed by atoms with Crippen LogP contribution in [0.5, 0.6) is 5.75 Å². The zero-order valence-electron chi connectivity index (χ0n) is 15.4. The minimum Gasteiger partial charge on any atom is -0.483 e. The third-order valence-corrected chi connectivity index (χ3v) is 4.56. The zero-order chi connectivity index (χ0) is 18.1. The van der Waals surface area contributed by atoms with Crippen LogP contribution >= 0.6 is 12.4 Å². The summed E-state index contributed by atoms with van der Waals surface area (Å²) < 4.78 is 5.76. The number of carbonyl (C=O) groups excluding carboxylic acids is 2. The quantitative estimate of drug-likeness (QED) is 0.718. The smallest absolute Gasteiger partial charge is 0.260 e. The fourth-order valence-electron chi connectivity index (χ4n) is 3.15. The number of piperidine rings is 1. The Hall–Kier alpha value is -1.79. The molecule has 0 bridgehead atoms. The fraction of sp³-hybridized carbons (Fsp3) is 0.579. The van der Waals surface area contributed by atoms with Gasteiger partial charge >= 0.3 is 0 Å². The highest BCUT2D eigenvalue weighted by atomic mass is 35.5. The number of aryl methyl sites for hydroxylation is 1. The summed E-state index contributed by atoms with van der Waals surface area (Å²) in [6.07, 6.45) is 4.15. The van der Waals surface area contributed by atoms with Gasteiger partial charge in [0.2, 0.25) is 5.91 Å². The number of halogens is 1. The Labute approximate surface area is 161 Å². The lowest BCUT2D eigenvalue weighted by atomic mass is 10.0. The van der Waals surface area contributed by atoms with Gasteiger partial charge in [0.15, 0.2) is 6.61 Å². The second-order valence-electron chi connectivity index (χ2n) is 6.33. The van der Waals surface area contributed by atoms with Crippen LogP contribution < -0.4 is 15.8 Å². The van der Waals surface area contributed by atoms with Gasteiger partial charge in [-0.25, -0.2) is 0 Å². The average Bonchev–Trinajstić information content (AvgIpc) is 2.65. The second kappa shape index (κ2) is 11.8. The third-order valence-electron chi connectivity index (χ3n) is 4.56. The summed E-state index contributed by atoms with van der Waals surface area (Å²) in [6.45, 7) is 3.63. The molecular formula is C19H30ClN3O3. The van der Waals surface area contributed by atoms with Gasteiger partial charge < -0.3 is 20.7 Å². The Morgan fingerprint density at radius 2 is 2.08 bits per heavy atom. The number of amides is 2. The van der Waals surface area contributed by atoms with Crippen molar-refractivity contribution in [2.75, 3.05) is 26.2 Å². The first-order valence-electron chi connectivity index (χ1n) is 9.12. The monoisotopic (exact) mass is 383 g/mol. The molecule has 26 heavy (non-hydrogen) atoms. The Bertz CT molecular complexity index is 583. The number of nitrogens with two attached hydrogens (primary N) is 1. The summed E-state index contributed by atoms with van der Waals surface area (Å²) in [5.74, 6) is 0.681. The van der Waals surface area contributed by atoms with Crippen LogP contribution in [0, 0.1) is 0 Å². The number of nitrogens with one attached hydrogen (secondary N) is 1. The third kappa shape index (κ3) is 6.50. The second-order valence-corrected chi connectivity index (χ2v) is 6.33. The molecule has 146 valence electrons. The van der Waals surface area contributed by atoms with Gasteiger partial charge in [-0.2, -0.15) is 0 Å². The van der Waals surface area contributed by atoms with E-state index in [1.165, 1.54) is 0 Å². The first-order valence-corrected chi connectivity index (χ1v) is 9.12. The molecule has 1 atom stereocenters. The van der Waals surface area contributed by atoms with E-state index in [9.17, 15) is 9.59 Å². The lowest BCUT2D eigenvalue weighted by Crippen LogP contribution is -2.50. The van der Waals surface area contributed by atoms with Gasteiger partial charge in [0.25, 0.3) is 5.91 Å². The molecule has 0 aromatic heterocycles. The van der Waals surface area contributed by atoms with Crippen LogP contribution in [-0.4, -0.2) is 49.0 Å². The lowest BCUT2D eigenvalue weighted by Gasteiger charge is -2.35. The van der Waals surface area contributed by atoms with Gasteiger partial charge in [-0.1, -0.05) is 25.1 Å². The number of hydrogen-bond acceptors (Lipinski definition) is 4. The van der Waals surface area contributed by atoms with Gasteiger partial charge in [0.1, 0.15) is 5.75 Å². The number of rotatable bonds is 8. The minimum absolute atomic E-state index is 0. The van der Waals surface area contributed by atoms with Crippen LogP contribution in [0.25, 0.3) is 0 Å². The zero-order valence-corrected chi connectivity index (χ0v) is 16.2. The van der Waals surface area contributed by atoms with Crippen molar-refractivity contribution in [3.05, 3.63) is 29.8 Å². The molecule has 1 fully saturated rings. The molecule has 1 saturated heterocycles. The molecule has 1 unspecified atom stereocenters. The summed E-state index contributed by atoms with van der Waals surface area (Å²) in [5, 5.41) is 2.88. The molecule has 6 nitrogen and oxygen atoms in total. The van der Waals surface area contributed by atoms with Crippen molar-refractivity contribution in [2.45, 2.75) is 45.1 Å². The molecule has 1 aliphatic rings. The van der Waals surface area contributed by atoms with Crippen LogP contribution in [0.2, 0.25) is 0 Å². The summed E-state index contributed by atoms with van der Waals surface area (Å²) in [4.78, 5) is 26.1. The molecule has 0 saturated carbocycles. The van der Waals surface area contributed by atoms with Gasteiger partial charge in [-0.05, 0) is 37.3 Å². The number of likely N-dealkylation sites (tertiary alicyclic amines) is 1. The summed E-state index contributed by atoms with van der Waals surface area (Å²) in [7, 11) is 0. The van der Waals surface area contributed by atoms with E-state index >= 15 is 0 Å². The lowest BCUT2D eigenvalue weighted by molar-refractivity contribution is -0.137. The van der Waals surface area contributed by atoms with E-state index in [0.29, 0.717) is 19.5 Å². The summed E-state index contributed by atoms with van der Waals surface area (Å²) >= 11 is 0. The number of nitrogens with zero attached hydrogens (tertiary/aromatic N) is 1. The van der Waals surface area contributed by atoms with Crippen LogP contribution in [-0.2, 0) is 16.0 Å². The predicted molar refractivity (Wildman–Crippen MR) is 105 cm³/mol. The average molecular weight is 384 g/mol. The maximum atomic E-state index is 12.6. The van der Waals surface area contributed by atoms with Crippen LogP contribution in [0.1, 0.15) is 38.2 Å². The van der Waals surface area contributed by atoms with Gasteiger partial charge in [-0.3, -0.25) is 9.59 Å². The summed E-state index contributed by atoms with van der Waals surface area (Å²) in [6, 6.07) is 7.82. The fourth-order valence-corrected chi connectivity index (χ4v) is 3.15. The van der Waals surface area contributed by atoms with Gasteiger partial charge in [-0.15, -0.1) is 12.4 Å². The van der Waals surface area contributed by atoms with Crippen LogP contribution in [0.15, 0.2) is 24.3 Å². The molecule has 3 N–H and O–H groups in total. The molecule has 0 aliphatic carbocycles. The number of benzene rings is 1. The van der Waals surface area contributed by atoms with E-state index in [1.807, 2.05) is 29.2 Å². The number of para-hydroxylation sites is 1. The van der Waals surface area contributed by atoms with E-state index in [0.717, 1.165) is 43.5 Å². The minimum atomic E-state index is -0.0615. The van der Waals surface area contributed by atoms with Gasteiger partial charge in [0, 0.05) is 32.1 Å². The molecule has 1 heterocycles. The Kier molecular flexibility index (Phi) is 10.1. The standard InChI is InChI=1S/C19H29N3O3.ClH/c1-2-15-7-3-4-9-17(15)25-14-19(24)22-12-6-5-8-16(22)13-21-18(23)10-11-20;/h3-4,7,9,16H,2,5-6,8,10-14,20H2,1H3,(H,21,23);1H. The van der Waals surface area contributed by atoms with Crippen molar-refractivity contribution >= 4 is 24.2 Å². The number of ether oxygens (including phenoxy) is 1. The predicted octanol–water partition coefficient (Wildman–Crippen LogP) is 1.90. The summed E-state index contributed by atoms with van der Waals surface area (Å²) in [5.41, 5.74) is 6.49. The Morgan fingerprint density at radius 1 is 1.31 bits per heavy atom. The highest BCUT2D eigenvalue weighted by Gasteiger charge is 2.27. The normalized spacial score (nSPS) is 16.5. The van der Waals surface area contributed by atoms with Crippen molar-refractivity contribution in [3.8, 4) is 5.75 Å². The van der Waals surface area contributed by atoms with Crippen LogP contribution in [0.3, 0.4) is 0 Å². The maximum Gasteiger partial charge on any atom is 0.260 e. The first-order chi connectivity index (χ1) is 12.2. The van der Waals surface area contributed by atoms with E-state index in [1.54, 1.807) is 0 Å². The SMILES string of the molecule is CCc1ccccc1OCC(=O)N1CCCCC1CNC(=O)CCN.Cl. The van der Waals surface area contributed by atoms with E-state index in [-0.39, 0.29) is 36.9 Å². The largest absolute Gasteiger partial charge is 0.483 e. The van der Waals surface area contributed by atoms with Crippen LogP contribution in [0.4, 0.5) is 0 Å². The molecule has 2 rings (SSSR count). The number of hydrogen-bond donors (Lipinski definition) is 2. The van der Waals surface area contributed by atoms with Crippen molar-refractivity contribution < 1.29 is 14.3 Å². The highest BCUT2D eigenvalue weighted by molar-refractivity contribution is 5.85. The Balaban J connectivity index is 0.00000338. The molecule has 7 heteroatoms. The van der Waals surface area contributed by atoms with Crippen molar-refractivity contribution in [2.24, 2.45) is 5.73 Å². The van der Waals surface area contributed by atoms with Crippen molar-refractivity contribution in [1.29, 1.82) is 0 Å². The number of carbonyl (C=O) groups is 2. The first kappa shape index (κ1) is 22.3. The van der Waals surface area contributed by atoms with Crippen molar-refractivity contribution in [1.82, 2.24) is 10.2 Å². The topological polar surface area (TPSA) is 84.7 Å². The molecule has 1 aromatic carbocycles. The van der Waals surface area contributed by atoms with E-state index in [4.69, 9.17) is 10.5 Å². The molecular weight excluding hydrogens is 354 g/mol. The maximum absolute atomic E-state index is 12.6.